The van der Waals surface area contributed by atoms with E-state index >= 15 is 0 Å². The molecule has 0 aliphatic carbocycles. The summed E-state index contributed by atoms with van der Waals surface area (Å²) in [6.07, 6.45) is 3.37. The number of nitrogens with zero attached hydrogens (tertiary/aromatic N) is 4. The first kappa shape index (κ1) is 19.9. The molecule has 4 rings (SSSR count). The van der Waals surface area contributed by atoms with E-state index in [9.17, 15) is 4.79 Å². The fourth-order valence-electron chi connectivity index (χ4n) is 3.51. The molecule has 1 aromatic carbocycles. The van der Waals surface area contributed by atoms with Gasteiger partial charge in [0.2, 0.25) is 0 Å². The van der Waals surface area contributed by atoms with Gasteiger partial charge in [-0.1, -0.05) is 24.3 Å². The quantitative estimate of drug-likeness (QED) is 0.599. The Balaban J connectivity index is 1.68. The lowest BCUT2D eigenvalue weighted by Crippen LogP contribution is -2.38. The van der Waals surface area contributed by atoms with Gasteiger partial charge in [-0.3, -0.25) is 9.98 Å². The topological polar surface area (TPSA) is 88.8 Å². The molecule has 0 fully saturated rings. The number of pyridine rings is 1. The predicted octanol–water partition coefficient (Wildman–Crippen LogP) is 4.42. The third-order valence-electron chi connectivity index (χ3n) is 5.00. The lowest BCUT2D eigenvalue weighted by Gasteiger charge is -2.29. The summed E-state index contributed by atoms with van der Waals surface area (Å²) in [6.45, 7) is 5.99. The van der Waals surface area contributed by atoms with Crippen LogP contribution in [0.15, 0.2) is 58.1 Å². The zero-order valence-corrected chi connectivity index (χ0v) is 17.5. The number of urea groups is 1. The van der Waals surface area contributed by atoms with E-state index in [1.165, 1.54) is 0 Å². The smallest absolute Gasteiger partial charge is 0.341 e. The molecule has 7 nitrogen and oxygen atoms in total. The summed E-state index contributed by atoms with van der Waals surface area (Å²) in [5.74, 6) is 0.453. The summed E-state index contributed by atoms with van der Waals surface area (Å²) < 4.78 is 5.30. The molecule has 0 saturated carbocycles. The number of methoxy groups -OCH3 is 1. The van der Waals surface area contributed by atoms with Crippen molar-refractivity contribution in [1.29, 1.82) is 0 Å². The first-order valence-corrected chi connectivity index (χ1v) is 10.3. The van der Waals surface area contributed by atoms with E-state index in [0.29, 0.717) is 12.3 Å². The first-order valence-electron chi connectivity index (χ1n) is 9.41. The number of thiazole rings is 1. The van der Waals surface area contributed by atoms with Crippen molar-refractivity contribution in [3.8, 4) is 17.0 Å². The normalized spacial score (nSPS) is 18.5. The van der Waals surface area contributed by atoms with Gasteiger partial charge in [-0.2, -0.15) is 0 Å². The Morgan fingerprint density at radius 2 is 2.07 bits per heavy atom. The largest absolute Gasteiger partial charge is 0.495 e. The zero-order chi connectivity index (χ0) is 21.1. The third-order valence-corrected chi connectivity index (χ3v) is 5.93. The highest BCUT2D eigenvalue weighted by Crippen LogP contribution is 2.38. The van der Waals surface area contributed by atoms with Gasteiger partial charge in [0.15, 0.2) is 0 Å². The average molecular weight is 420 g/mol. The lowest BCUT2D eigenvalue weighted by atomic mass is 9.89. The molecule has 1 N–H and O–H groups in total. The Kier molecular flexibility index (Phi) is 5.67. The Bertz CT molecular complexity index is 1110. The molecule has 0 saturated heterocycles. The maximum absolute atomic E-state index is 12.1. The van der Waals surface area contributed by atoms with Gasteiger partial charge in [0.1, 0.15) is 10.8 Å². The van der Waals surface area contributed by atoms with E-state index in [0.717, 1.165) is 33.1 Å². The minimum Gasteiger partial charge on any atom is -0.495 e. The highest BCUT2D eigenvalue weighted by molar-refractivity contribution is 7.10. The van der Waals surface area contributed by atoms with Crippen LogP contribution in [0.1, 0.15) is 35.0 Å². The number of nitrogens with one attached hydrogen (secondary N) is 1. The van der Waals surface area contributed by atoms with Crippen molar-refractivity contribution in [3.05, 3.63) is 64.2 Å². The number of hydrogen-bond donors (Lipinski definition) is 1. The minimum absolute atomic E-state index is 0.181. The van der Waals surface area contributed by atoms with E-state index in [2.05, 4.69) is 27.0 Å². The Morgan fingerprint density at radius 3 is 2.80 bits per heavy atom. The van der Waals surface area contributed by atoms with Crippen LogP contribution >= 0.6 is 11.3 Å². The van der Waals surface area contributed by atoms with E-state index in [1.54, 1.807) is 30.8 Å². The Hall–Kier alpha value is -3.39. The first-order chi connectivity index (χ1) is 14.6. The summed E-state index contributed by atoms with van der Waals surface area (Å²) >= 11 is 1.56. The molecule has 0 spiro atoms. The van der Waals surface area contributed by atoms with Crippen LogP contribution < -0.4 is 10.1 Å². The molecule has 0 bridgehead atoms. The van der Waals surface area contributed by atoms with Crippen LogP contribution in [0.25, 0.3) is 11.3 Å². The van der Waals surface area contributed by atoms with Crippen molar-refractivity contribution in [3.63, 3.8) is 0 Å². The molecular weight excluding hydrogens is 398 g/mol. The highest BCUT2D eigenvalue weighted by Gasteiger charge is 2.35. The molecule has 1 aliphatic heterocycles. The number of hydrogen-bond acceptors (Lipinski definition) is 6. The van der Waals surface area contributed by atoms with Crippen LogP contribution in [0.2, 0.25) is 0 Å². The number of aromatic nitrogens is 2. The second kappa shape index (κ2) is 8.54. The van der Waals surface area contributed by atoms with Crippen molar-refractivity contribution in [1.82, 2.24) is 15.3 Å². The molecular formula is C22H21N5O2S. The fraction of sp³-hybridized carbons (Fsp3) is 0.227. The highest BCUT2D eigenvalue weighted by atomic mass is 32.1. The molecule has 152 valence electrons. The zero-order valence-electron chi connectivity index (χ0n) is 16.7. The van der Waals surface area contributed by atoms with Gasteiger partial charge in [0, 0.05) is 22.9 Å². The van der Waals surface area contributed by atoms with Gasteiger partial charge >= 0.3 is 6.03 Å². The van der Waals surface area contributed by atoms with Crippen molar-refractivity contribution < 1.29 is 9.53 Å². The number of amides is 2. The number of carbonyl (C=O) groups is 1. The van der Waals surface area contributed by atoms with Crippen molar-refractivity contribution in [2.75, 3.05) is 7.11 Å². The molecule has 1 aliphatic rings. The molecule has 2 atom stereocenters. The summed E-state index contributed by atoms with van der Waals surface area (Å²) in [4.78, 5) is 29.3. The lowest BCUT2D eigenvalue weighted by molar-refractivity contribution is 0.242. The number of benzene rings is 1. The number of aliphatic imine (C=N–C) groups is 2. The van der Waals surface area contributed by atoms with Crippen LogP contribution in [0, 0.1) is 0 Å². The van der Waals surface area contributed by atoms with Crippen LogP contribution in [0.4, 0.5) is 4.79 Å². The number of carbonyl (C=O) groups excluding carboxylic acids is 1. The molecule has 8 heteroatoms. The number of ether oxygens (including phenoxy) is 1. The summed E-state index contributed by atoms with van der Waals surface area (Å²) in [5.41, 5.74) is 4.59. The maximum Gasteiger partial charge on any atom is 0.341 e. The van der Waals surface area contributed by atoms with Crippen LogP contribution in [-0.4, -0.2) is 35.5 Å². The molecule has 2 aromatic heterocycles. The number of rotatable bonds is 6. The Labute approximate surface area is 178 Å². The van der Waals surface area contributed by atoms with E-state index in [-0.39, 0.29) is 18.0 Å². The van der Waals surface area contributed by atoms with Crippen LogP contribution in [0.5, 0.6) is 5.75 Å². The van der Waals surface area contributed by atoms with Gasteiger partial charge in [0.05, 0.1) is 37.5 Å². The molecule has 0 radical (unpaired) electrons. The summed E-state index contributed by atoms with van der Waals surface area (Å²) in [5, 5.41) is 5.88. The SMILES string of the molecule is C=NCc1ccc(-c2csc(C3C(C)=NC(=O)NC3c3cncc(OC)c3)n2)cc1. The summed E-state index contributed by atoms with van der Waals surface area (Å²) in [6, 6.07) is 9.32. The third kappa shape index (κ3) is 3.99. The van der Waals surface area contributed by atoms with Crippen LogP contribution in [-0.2, 0) is 6.54 Å². The standard InChI is InChI=1S/C22H21N5O2S/c1-13-19(20(27-22(28)25-13)16-8-17(29-3)11-24-10-16)21-26-18(12-30-21)15-6-4-14(5-7-15)9-23-2/h4-8,10-12,19-20H,2,9H2,1,3H3,(H,27,28). The molecule has 2 unspecified atom stereocenters. The average Bonchev–Trinajstić information content (AvgIpc) is 3.23. The van der Waals surface area contributed by atoms with Gasteiger partial charge in [0.25, 0.3) is 0 Å². The molecule has 3 heterocycles. The van der Waals surface area contributed by atoms with Crippen molar-refractivity contribution in [2.24, 2.45) is 9.98 Å². The van der Waals surface area contributed by atoms with Gasteiger partial charge in [-0.15, -0.1) is 11.3 Å². The molecule has 3 aromatic rings. The van der Waals surface area contributed by atoms with E-state index < -0.39 is 0 Å². The summed E-state index contributed by atoms with van der Waals surface area (Å²) in [7, 11) is 1.59. The fourth-order valence-corrected chi connectivity index (χ4v) is 4.53. The van der Waals surface area contributed by atoms with E-state index in [4.69, 9.17) is 9.72 Å². The second-order valence-electron chi connectivity index (χ2n) is 6.97. The minimum atomic E-state index is -0.361. The Morgan fingerprint density at radius 1 is 1.27 bits per heavy atom. The van der Waals surface area contributed by atoms with Crippen LogP contribution in [0.3, 0.4) is 0 Å². The monoisotopic (exact) mass is 419 g/mol. The van der Waals surface area contributed by atoms with Crippen molar-refractivity contribution >= 4 is 29.8 Å². The molecule has 30 heavy (non-hydrogen) atoms. The van der Waals surface area contributed by atoms with Gasteiger partial charge in [-0.05, 0) is 30.8 Å². The molecule has 2 amide bonds. The second-order valence-corrected chi connectivity index (χ2v) is 7.86. The predicted molar refractivity (Wildman–Crippen MR) is 119 cm³/mol. The van der Waals surface area contributed by atoms with Gasteiger partial charge in [-0.25, -0.2) is 14.8 Å². The van der Waals surface area contributed by atoms with Gasteiger partial charge < -0.3 is 10.1 Å². The maximum atomic E-state index is 12.1. The van der Waals surface area contributed by atoms with E-state index in [1.807, 2.05) is 42.6 Å². The van der Waals surface area contributed by atoms with Crippen molar-refractivity contribution in [2.45, 2.75) is 25.4 Å².